The van der Waals surface area contributed by atoms with Gasteiger partial charge in [0.25, 0.3) is 0 Å². The van der Waals surface area contributed by atoms with Crippen LogP contribution in [0.4, 0.5) is 9.59 Å². The monoisotopic (exact) mass is 394 g/mol. The summed E-state index contributed by atoms with van der Waals surface area (Å²) in [5, 5.41) is 0. The topological polar surface area (TPSA) is 68.3 Å². The molecule has 158 valence electrons. The molecule has 2 amide bonds. The first-order valence-corrected chi connectivity index (χ1v) is 10.0. The zero-order valence-corrected chi connectivity index (χ0v) is 17.6. The molecule has 0 aromatic carbocycles. The van der Waals surface area contributed by atoms with Crippen molar-refractivity contribution >= 4 is 12.2 Å². The van der Waals surface area contributed by atoms with Crippen LogP contribution in [0.5, 0.6) is 0 Å². The number of hydrogen-bond donors (Lipinski definition) is 0. The van der Waals surface area contributed by atoms with E-state index >= 15 is 0 Å². The van der Waals surface area contributed by atoms with Gasteiger partial charge in [0, 0.05) is 32.8 Å². The maximum atomic E-state index is 12.6. The van der Waals surface area contributed by atoms with Crippen molar-refractivity contribution in [3.63, 3.8) is 0 Å². The molecule has 0 bridgehead atoms. The minimum atomic E-state index is -0.546. The summed E-state index contributed by atoms with van der Waals surface area (Å²) in [5.41, 5.74) is 0.594. The molecule has 1 heterocycles. The van der Waals surface area contributed by atoms with Gasteiger partial charge >= 0.3 is 12.2 Å². The molecule has 0 N–H and O–H groups in total. The molecule has 1 aliphatic heterocycles. The van der Waals surface area contributed by atoms with Crippen molar-refractivity contribution in [2.75, 3.05) is 40.0 Å². The molecular formula is C21H34N2O5. The first kappa shape index (κ1) is 22.3. The first-order chi connectivity index (χ1) is 13.3. The second kappa shape index (κ2) is 10.5. The van der Waals surface area contributed by atoms with Crippen LogP contribution in [0, 0.1) is 0 Å². The minimum absolute atomic E-state index is 0.0280. The van der Waals surface area contributed by atoms with E-state index in [1.807, 2.05) is 32.9 Å². The summed E-state index contributed by atoms with van der Waals surface area (Å²) in [7, 11) is 1.61. The number of rotatable bonds is 6. The Bertz CT molecular complexity index is 586. The van der Waals surface area contributed by atoms with Crippen molar-refractivity contribution in [3.05, 3.63) is 23.8 Å². The average molecular weight is 395 g/mol. The standard InChI is InChI=1S/C21H34N2O5/c1-21(2,3)28-20(25)23(14-15-26-4)18-10-12-22(13-11-18)19(24)27-16-17-8-6-5-7-9-17/h5-6,8,18H,7,9-16H2,1-4H3. The summed E-state index contributed by atoms with van der Waals surface area (Å²) in [6.07, 6.45) is 8.84. The highest BCUT2D eigenvalue weighted by Gasteiger charge is 2.32. The quantitative estimate of drug-likeness (QED) is 0.686. The molecule has 2 aliphatic rings. The molecule has 2 rings (SSSR count). The van der Waals surface area contributed by atoms with Gasteiger partial charge in [0.1, 0.15) is 12.2 Å². The van der Waals surface area contributed by atoms with Crippen LogP contribution < -0.4 is 0 Å². The second-order valence-corrected chi connectivity index (χ2v) is 8.23. The Morgan fingerprint density at radius 3 is 2.54 bits per heavy atom. The Hall–Kier alpha value is -2.02. The van der Waals surface area contributed by atoms with Crippen molar-refractivity contribution in [3.8, 4) is 0 Å². The molecule has 0 aromatic heterocycles. The van der Waals surface area contributed by atoms with Gasteiger partial charge in [-0.3, -0.25) is 0 Å². The molecule has 1 saturated heterocycles. The summed E-state index contributed by atoms with van der Waals surface area (Å²) in [4.78, 5) is 28.4. The Labute approximate surface area is 168 Å². The Kier molecular flexibility index (Phi) is 8.35. The maximum absolute atomic E-state index is 12.6. The number of allylic oxidation sites excluding steroid dienone is 3. The molecule has 0 radical (unpaired) electrons. The summed E-state index contributed by atoms with van der Waals surface area (Å²) in [6.45, 7) is 7.97. The Morgan fingerprint density at radius 1 is 1.25 bits per heavy atom. The molecule has 0 spiro atoms. The van der Waals surface area contributed by atoms with Gasteiger partial charge < -0.3 is 24.0 Å². The van der Waals surface area contributed by atoms with Crippen LogP contribution in [0.15, 0.2) is 23.8 Å². The molecule has 0 unspecified atom stereocenters. The highest BCUT2D eigenvalue weighted by Crippen LogP contribution is 2.21. The number of methoxy groups -OCH3 is 1. The molecule has 7 nitrogen and oxygen atoms in total. The third kappa shape index (κ3) is 7.19. The SMILES string of the molecule is COCCN(C(=O)OC(C)(C)C)C1CCN(C(=O)OCC2=CC=CCC2)CC1. The fraction of sp³-hybridized carbons (Fsp3) is 0.714. The summed E-state index contributed by atoms with van der Waals surface area (Å²) in [6, 6.07) is 0.0280. The molecular weight excluding hydrogens is 360 g/mol. The van der Waals surface area contributed by atoms with Crippen LogP contribution in [0.25, 0.3) is 0 Å². The van der Waals surface area contributed by atoms with Crippen molar-refractivity contribution in [1.29, 1.82) is 0 Å². The van der Waals surface area contributed by atoms with Crippen LogP contribution in [-0.4, -0.2) is 73.6 Å². The van der Waals surface area contributed by atoms with Crippen LogP contribution >= 0.6 is 0 Å². The second-order valence-electron chi connectivity index (χ2n) is 8.23. The third-order valence-corrected chi connectivity index (χ3v) is 4.81. The van der Waals surface area contributed by atoms with E-state index < -0.39 is 5.60 Å². The maximum Gasteiger partial charge on any atom is 0.410 e. The number of amides is 2. The van der Waals surface area contributed by atoms with Crippen molar-refractivity contribution in [1.82, 2.24) is 9.80 Å². The van der Waals surface area contributed by atoms with E-state index in [9.17, 15) is 9.59 Å². The summed E-state index contributed by atoms with van der Waals surface area (Å²) in [5.74, 6) is 0. The van der Waals surface area contributed by atoms with Crippen molar-refractivity contribution in [2.45, 2.75) is 58.1 Å². The predicted molar refractivity (Wildman–Crippen MR) is 107 cm³/mol. The molecule has 0 saturated carbocycles. The molecule has 0 atom stereocenters. The number of nitrogens with zero attached hydrogens (tertiary/aromatic N) is 2. The lowest BCUT2D eigenvalue weighted by Gasteiger charge is -2.38. The van der Waals surface area contributed by atoms with Crippen molar-refractivity contribution < 1.29 is 23.8 Å². The molecule has 28 heavy (non-hydrogen) atoms. The van der Waals surface area contributed by atoms with Gasteiger partial charge in [-0.25, -0.2) is 9.59 Å². The molecule has 7 heteroatoms. The van der Waals surface area contributed by atoms with Crippen LogP contribution in [0.1, 0.15) is 46.5 Å². The number of carbonyl (C=O) groups excluding carboxylic acids is 2. The van der Waals surface area contributed by atoms with E-state index in [1.54, 1.807) is 16.9 Å². The summed E-state index contributed by atoms with van der Waals surface area (Å²) >= 11 is 0. The Morgan fingerprint density at radius 2 is 1.96 bits per heavy atom. The zero-order valence-electron chi connectivity index (χ0n) is 17.6. The molecule has 0 aromatic rings. The minimum Gasteiger partial charge on any atom is -0.445 e. The number of ether oxygens (including phenoxy) is 3. The highest BCUT2D eigenvalue weighted by molar-refractivity contribution is 5.69. The fourth-order valence-electron chi connectivity index (χ4n) is 3.31. The average Bonchev–Trinajstić information content (AvgIpc) is 2.66. The van der Waals surface area contributed by atoms with Crippen LogP contribution in [-0.2, 0) is 14.2 Å². The lowest BCUT2D eigenvalue weighted by molar-refractivity contribution is 0.00225. The first-order valence-electron chi connectivity index (χ1n) is 10.0. The van der Waals surface area contributed by atoms with Gasteiger partial charge in [-0.1, -0.05) is 18.2 Å². The van der Waals surface area contributed by atoms with Gasteiger partial charge in [0.15, 0.2) is 0 Å². The largest absolute Gasteiger partial charge is 0.445 e. The number of piperidine rings is 1. The van der Waals surface area contributed by atoms with Gasteiger partial charge in [-0.15, -0.1) is 0 Å². The normalized spacial score (nSPS) is 17.9. The van der Waals surface area contributed by atoms with E-state index in [0.29, 0.717) is 45.7 Å². The lowest BCUT2D eigenvalue weighted by atomic mass is 10.0. The van der Waals surface area contributed by atoms with E-state index in [-0.39, 0.29) is 18.2 Å². The fourth-order valence-corrected chi connectivity index (χ4v) is 3.31. The smallest absolute Gasteiger partial charge is 0.410 e. The lowest BCUT2D eigenvalue weighted by Crippen LogP contribution is -2.51. The van der Waals surface area contributed by atoms with E-state index in [2.05, 4.69) is 6.08 Å². The number of likely N-dealkylation sites (tertiary alicyclic amines) is 1. The predicted octanol–water partition coefficient (Wildman–Crippen LogP) is 3.75. The van der Waals surface area contributed by atoms with Crippen molar-refractivity contribution in [2.24, 2.45) is 0 Å². The van der Waals surface area contributed by atoms with E-state index in [4.69, 9.17) is 14.2 Å². The number of hydrogen-bond acceptors (Lipinski definition) is 5. The highest BCUT2D eigenvalue weighted by atomic mass is 16.6. The third-order valence-electron chi connectivity index (χ3n) is 4.81. The zero-order chi connectivity index (χ0) is 20.6. The molecule has 1 aliphatic carbocycles. The Balaban J connectivity index is 1.84. The van der Waals surface area contributed by atoms with Gasteiger partial charge in [-0.05, 0) is 52.0 Å². The van der Waals surface area contributed by atoms with Gasteiger partial charge in [0.05, 0.1) is 6.61 Å². The number of carbonyl (C=O) groups is 2. The van der Waals surface area contributed by atoms with Gasteiger partial charge in [0.2, 0.25) is 0 Å². The van der Waals surface area contributed by atoms with E-state index in [1.165, 1.54) is 0 Å². The van der Waals surface area contributed by atoms with Crippen LogP contribution in [0.2, 0.25) is 0 Å². The van der Waals surface area contributed by atoms with Crippen LogP contribution in [0.3, 0.4) is 0 Å². The summed E-state index contributed by atoms with van der Waals surface area (Å²) < 4.78 is 16.1. The van der Waals surface area contributed by atoms with Gasteiger partial charge in [-0.2, -0.15) is 0 Å². The molecule has 1 fully saturated rings. The van der Waals surface area contributed by atoms with E-state index in [0.717, 1.165) is 18.4 Å².